The van der Waals surface area contributed by atoms with Gasteiger partial charge in [-0.3, -0.25) is 4.79 Å². The molecule has 0 spiro atoms. The summed E-state index contributed by atoms with van der Waals surface area (Å²) in [7, 11) is 0. The van der Waals surface area contributed by atoms with Crippen LogP contribution in [0.2, 0.25) is 0 Å². The molecule has 3 heteroatoms. The van der Waals surface area contributed by atoms with Crippen LogP contribution in [0.5, 0.6) is 0 Å². The fourth-order valence-corrected chi connectivity index (χ4v) is 1.80. The Balaban J connectivity index is 1.82. The minimum atomic E-state index is -0.183. The molecule has 0 unspecified atom stereocenters. The quantitative estimate of drug-likeness (QED) is 0.606. The number of carbonyl (C=O) groups excluding carboxylic acids is 1. The summed E-state index contributed by atoms with van der Waals surface area (Å²) in [6, 6.07) is 0.739. The van der Waals surface area contributed by atoms with Crippen molar-refractivity contribution in [1.82, 2.24) is 5.32 Å². The van der Waals surface area contributed by atoms with Gasteiger partial charge in [-0.2, -0.15) is 0 Å². The lowest BCUT2D eigenvalue weighted by molar-refractivity contribution is -0.118. The number of hydrogen-bond acceptors (Lipinski definition) is 2. The first-order chi connectivity index (χ1) is 6.18. The Hall–Kier alpha value is -0.570. The van der Waals surface area contributed by atoms with Crippen molar-refractivity contribution >= 4 is 5.91 Å². The van der Waals surface area contributed by atoms with E-state index in [0.717, 1.165) is 31.3 Å². The molecule has 1 fully saturated rings. The highest BCUT2D eigenvalue weighted by molar-refractivity contribution is 5.73. The Labute approximate surface area is 80.1 Å². The van der Waals surface area contributed by atoms with E-state index < -0.39 is 0 Å². The molecule has 13 heavy (non-hydrogen) atoms. The molecule has 76 valence electrons. The first kappa shape index (κ1) is 10.5. The Bertz CT molecular complexity index is 164. The number of primary amides is 1. The highest BCUT2D eigenvalue weighted by Crippen LogP contribution is 2.25. The van der Waals surface area contributed by atoms with Crippen LogP contribution in [0, 0.1) is 5.92 Å². The van der Waals surface area contributed by atoms with E-state index in [4.69, 9.17) is 5.73 Å². The van der Waals surface area contributed by atoms with Crippen LogP contribution in [0.3, 0.4) is 0 Å². The number of unbranched alkanes of at least 4 members (excludes halogenated alkanes) is 1. The van der Waals surface area contributed by atoms with Gasteiger partial charge in [-0.15, -0.1) is 0 Å². The Morgan fingerprint density at radius 2 is 2.15 bits per heavy atom. The van der Waals surface area contributed by atoms with E-state index in [0.29, 0.717) is 6.42 Å². The van der Waals surface area contributed by atoms with Crippen molar-refractivity contribution in [2.45, 2.75) is 45.1 Å². The van der Waals surface area contributed by atoms with Crippen LogP contribution in [0.25, 0.3) is 0 Å². The molecule has 1 aliphatic carbocycles. The minimum absolute atomic E-state index is 0.183. The molecule has 0 atom stereocenters. The Morgan fingerprint density at radius 1 is 1.46 bits per heavy atom. The standard InChI is InChI=1S/C10H20N2O/c1-8-6-9(7-8)12-5-3-2-4-10(11)13/h8-9,12H,2-7H2,1H3,(H2,11,13). The maximum atomic E-state index is 10.4. The molecule has 0 bridgehead atoms. The van der Waals surface area contributed by atoms with Crippen molar-refractivity contribution < 1.29 is 4.79 Å². The first-order valence-electron chi connectivity index (χ1n) is 5.20. The zero-order valence-electron chi connectivity index (χ0n) is 8.38. The van der Waals surface area contributed by atoms with E-state index in [1.54, 1.807) is 0 Å². The Kier molecular flexibility index (Phi) is 4.22. The predicted molar refractivity (Wildman–Crippen MR) is 53.2 cm³/mol. The molecule has 1 saturated carbocycles. The van der Waals surface area contributed by atoms with Gasteiger partial charge in [0.2, 0.25) is 5.91 Å². The van der Waals surface area contributed by atoms with Gasteiger partial charge in [0.25, 0.3) is 0 Å². The molecule has 0 saturated heterocycles. The van der Waals surface area contributed by atoms with Gasteiger partial charge in [-0.1, -0.05) is 6.92 Å². The molecule has 1 aliphatic rings. The SMILES string of the molecule is CC1CC(NCCCCC(N)=O)C1. The largest absolute Gasteiger partial charge is 0.370 e. The van der Waals surface area contributed by atoms with E-state index in [1.807, 2.05) is 0 Å². The third-order valence-corrected chi connectivity index (χ3v) is 2.66. The third kappa shape index (κ3) is 4.27. The number of nitrogens with one attached hydrogen (secondary N) is 1. The van der Waals surface area contributed by atoms with Crippen LogP contribution < -0.4 is 11.1 Å². The van der Waals surface area contributed by atoms with E-state index in [1.165, 1.54) is 12.8 Å². The summed E-state index contributed by atoms with van der Waals surface area (Å²) in [5.74, 6) is 0.723. The fourth-order valence-electron chi connectivity index (χ4n) is 1.80. The maximum absolute atomic E-state index is 10.4. The number of hydrogen-bond donors (Lipinski definition) is 2. The van der Waals surface area contributed by atoms with Gasteiger partial charge in [0.15, 0.2) is 0 Å². The molecule has 0 heterocycles. The number of amides is 1. The Morgan fingerprint density at radius 3 is 2.69 bits per heavy atom. The zero-order chi connectivity index (χ0) is 9.68. The van der Waals surface area contributed by atoms with Gasteiger partial charge in [-0.25, -0.2) is 0 Å². The van der Waals surface area contributed by atoms with Crippen molar-refractivity contribution in [2.24, 2.45) is 11.7 Å². The molecule has 3 N–H and O–H groups in total. The molecule has 1 amide bonds. The summed E-state index contributed by atoms with van der Waals surface area (Å²) in [6.45, 7) is 3.32. The lowest BCUT2D eigenvalue weighted by Crippen LogP contribution is -2.40. The van der Waals surface area contributed by atoms with Gasteiger partial charge in [0, 0.05) is 12.5 Å². The van der Waals surface area contributed by atoms with Crippen molar-refractivity contribution in [2.75, 3.05) is 6.54 Å². The molecule has 1 rings (SSSR count). The van der Waals surface area contributed by atoms with Crippen molar-refractivity contribution in [3.63, 3.8) is 0 Å². The van der Waals surface area contributed by atoms with Crippen LogP contribution in [-0.2, 0) is 4.79 Å². The average Bonchev–Trinajstić information content (AvgIpc) is 1.99. The zero-order valence-corrected chi connectivity index (χ0v) is 8.38. The first-order valence-corrected chi connectivity index (χ1v) is 5.20. The van der Waals surface area contributed by atoms with E-state index in [2.05, 4.69) is 12.2 Å². The number of nitrogens with two attached hydrogens (primary N) is 1. The predicted octanol–water partition coefficient (Wildman–Crippen LogP) is 1.03. The van der Waals surface area contributed by atoms with Crippen LogP contribution >= 0.6 is 0 Å². The number of carbonyl (C=O) groups is 1. The molecule has 0 aromatic rings. The lowest BCUT2D eigenvalue weighted by Gasteiger charge is -2.33. The fraction of sp³-hybridized carbons (Fsp3) is 0.900. The van der Waals surface area contributed by atoms with Gasteiger partial charge in [0.1, 0.15) is 0 Å². The third-order valence-electron chi connectivity index (χ3n) is 2.66. The van der Waals surface area contributed by atoms with Crippen LogP contribution in [0.1, 0.15) is 39.0 Å². The van der Waals surface area contributed by atoms with E-state index >= 15 is 0 Å². The topological polar surface area (TPSA) is 55.1 Å². The summed E-state index contributed by atoms with van der Waals surface area (Å²) < 4.78 is 0. The van der Waals surface area contributed by atoms with Gasteiger partial charge >= 0.3 is 0 Å². The smallest absolute Gasteiger partial charge is 0.217 e. The molecule has 0 radical (unpaired) electrons. The normalized spacial score (nSPS) is 26.8. The summed E-state index contributed by atoms with van der Waals surface area (Å²) in [5, 5.41) is 3.47. The van der Waals surface area contributed by atoms with Crippen molar-refractivity contribution in [3.8, 4) is 0 Å². The minimum Gasteiger partial charge on any atom is -0.370 e. The van der Waals surface area contributed by atoms with Gasteiger partial charge in [0.05, 0.1) is 0 Å². The van der Waals surface area contributed by atoms with E-state index in [9.17, 15) is 4.79 Å². The van der Waals surface area contributed by atoms with Crippen molar-refractivity contribution in [3.05, 3.63) is 0 Å². The van der Waals surface area contributed by atoms with Crippen LogP contribution in [0.15, 0.2) is 0 Å². The second kappa shape index (κ2) is 5.22. The molecular weight excluding hydrogens is 164 g/mol. The molecule has 0 aromatic carbocycles. The second-order valence-electron chi connectivity index (χ2n) is 4.15. The van der Waals surface area contributed by atoms with Crippen molar-refractivity contribution in [1.29, 1.82) is 0 Å². The maximum Gasteiger partial charge on any atom is 0.217 e. The van der Waals surface area contributed by atoms with E-state index in [-0.39, 0.29) is 5.91 Å². The average molecular weight is 184 g/mol. The molecule has 3 nitrogen and oxygen atoms in total. The lowest BCUT2D eigenvalue weighted by atomic mass is 9.82. The highest BCUT2D eigenvalue weighted by Gasteiger charge is 2.23. The van der Waals surface area contributed by atoms with Crippen LogP contribution in [0.4, 0.5) is 0 Å². The van der Waals surface area contributed by atoms with Gasteiger partial charge in [-0.05, 0) is 38.1 Å². The summed E-state index contributed by atoms with van der Waals surface area (Å²) in [4.78, 5) is 10.4. The number of rotatable bonds is 6. The second-order valence-corrected chi connectivity index (χ2v) is 4.15. The summed E-state index contributed by atoms with van der Waals surface area (Å²) >= 11 is 0. The monoisotopic (exact) mass is 184 g/mol. The highest BCUT2D eigenvalue weighted by atomic mass is 16.1. The summed E-state index contributed by atoms with van der Waals surface area (Å²) in [5.41, 5.74) is 5.03. The molecule has 0 aromatic heterocycles. The molecule has 0 aliphatic heterocycles. The van der Waals surface area contributed by atoms with Gasteiger partial charge < -0.3 is 11.1 Å². The van der Waals surface area contributed by atoms with Crippen LogP contribution in [-0.4, -0.2) is 18.5 Å². The summed E-state index contributed by atoms with van der Waals surface area (Å²) in [6.07, 6.45) is 5.15. The molecular formula is C10H20N2O.